The van der Waals surface area contributed by atoms with E-state index in [1.807, 2.05) is 34.6 Å². The first kappa shape index (κ1) is 75.7. The molecule has 9 amide bonds. The number of piperazine rings is 1. The number of esters is 2. The number of aliphatic hydroxyl groups is 2. The lowest BCUT2D eigenvalue weighted by Gasteiger charge is -2.38. The van der Waals surface area contributed by atoms with Crippen LogP contribution in [0.1, 0.15) is 152 Å². The van der Waals surface area contributed by atoms with Crippen LogP contribution in [0.4, 0.5) is 20.1 Å². The Bertz CT molecular complexity index is 2810. The largest absolute Gasteiger partial charge is 0.457 e. The van der Waals surface area contributed by atoms with Crippen molar-refractivity contribution >= 4 is 77.1 Å². The van der Waals surface area contributed by atoms with Gasteiger partial charge in [0.15, 0.2) is 6.10 Å². The maximum atomic E-state index is 14.0. The smallest absolute Gasteiger partial charge is 0.410 e. The summed E-state index contributed by atoms with van der Waals surface area (Å²) in [5.74, 6) is -4.00. The van der Waals surface area contributed by atoms with Gasteiger partial charge < -0.3 is 70.7 Å². The average molecular weight is 1310 g/mol. The number of thioether (sulfide) groups is 1. The summed E-state index contributed by atoms with van der Waals surface area (Å²) < 4.78 is 29.7. The second-order valence-electron chi connectivity index (χ2n) is 25.6. The number of nitrogens with one attached hydrogen (secondary N) is 4. The molecule has 1 unspecified atom stereocenters. The number of nitrogens with two attached hydrogens (primary N) is 1. The van der Waals surface area contributed by atoms with Crippen LogP contribution in [0.25, 0.3) is 0 Å². The highest BCUT2D eigenvalue weighted by molar-refractivity contribution is 8.00. The van der Waals surface area contributed by atoms with Gasteiger partial charge in [-0.05, 0) is 113 Å². The van der Waals surface area contributed by atoms with E-state index in [-0.39, 0.29) is 137 Å². The van der Waals surface area contributed by atoms with E-state index in [9.17, 15) is 58.2 Å². The number of nitrogens with zero attached hydrogens (tertiary/aromatic N) is 3. The molecule has 0 aliphatic carbocycles. The molecule has 4 heterocycles. The molecule has 1 aromatic rings. The fourth-order valence-corrected chi connectivity index (χ4v) is 12.1. The van der Waals surface area contributed by atoms with Gasteiger partial charge in [0.25, 0.3) is 0 Å². The third-order valence-corrected chi connectivity index (χ3v) is 18.2. The summed E-state index contributed by atoms with van der Waals surface area (Å²) in [6.45, 7) is 18.3. The molecule has 26 heteroatoms. The number of urea groups is 1. The highest BCUT2D eigenvalue weighted by Crippen LogP contribution is 2.38. The Morgan fingerprint density at radius 1 is 0.913 bits per heavy atom. The number of carbonyl (C=O) groups excluding carboxylic acids is 10. The second kappa shape index (κ2) is 35.9. The molecule has 92 heavy (non-hydrogen) atoms. The number of rotatable bonds is 29. The minimum atomic E-state index is -1.34. The molecule has 0 spiro atoms. The van der Waals surface area contributed by atoms with Crippen LogP contribution in [0.3, 0.4) is 0 Å². The van der Waals surface area contributed by atoms with E-state index in [4.69, 9.17) is 29.4 Å². The number of primary amides is 1. The number of cyclic esters (lactones) is 1. The summed E-state index contributed by atoms with van der Waals surface area (Å²) in [6, 6.07) is 3.68. The SMILES string of the molecule is CC[C@H](O)[C@@H](C)[C@H]1O[C@@H]1C[C@@](C)(O)/C=C/C=C(\C)[C@H]1OC(=O)C[C@H](C)CC[C@@](C)(OC(C)=O)[C@@H](OC(=O)N2CCN(C(=O)OCc3ccc(NC(=O)[C@H](CCCNC(N)=O)NC(=O)[C@@H](NC(=O)CCCCCN4C(=O)CC(SC)C4=O)C(C)C)cc3)CC2)/C=C/[C@@H]1C. The summed E-state index contributed by atoms with van der Waals surface area (Å²) in [4.78, 5) is 134. The van der Waals surface area contributed by atoms with Crippen LogP contribution in [-0.2, 0) is 63.9 Å². The molecule has 4 aliphatic heterocycles. The number of allylic oxidation sites excluding steroid dienone is 2. The summed E-state index contributed by atoms with van der Waals surface area (Å²) in [7, 11) is 0. The monoisotopic (exact) mass is 1310 g/mol. The van der Waals surface area contributed by atoms with Crippen molar-refractivity contribution in [3.8, 4) is 0 Å². The number of carbonyl (C=O) groups is 10. The van der Waals surface area contributed by atoms with Crippen molar-refractivity contribution < 1.29 is 81.8 Å². The lowest BCUT2D eigenvalue weighted by atomic mass is 9.86. The van der Waals surface area contributed by atoms with Crippen LogP contribution in [0.5, 0.6) is 0 Å². The van der Waals surface area contributed by atoms with Crippen LogP contribution < -0.4 is 27.0 Å². The molecule has 4 aliphatic rings. The van der Waals surface area contributed by atoms with Gasteiger partial charge in [0.2, 0.25) is 29.5 Å². The topological polar surface area (TPSA) is 344 Å². The van der Waals surface area contributed by atoms with Crippen LogP contribution in [0.2, 0.25) is 0 Å². The third-order valence-electron chi connectivity index (χ3n) is 17.2. The molecule has 0 aromatic heterocycles. The van der Waals surface area contributed by atoms with Crippen molar-refractivity contribution in [2.45, 2.75) is 212 Å². The van der Waals surface area contributed by atoms with Gasteiger partial charge in [-0.3, -0.25) is 38.5 Å². The highest BCUT2D eigenvalue weighted by atomic mass is 32.2. The maximum absolute atomic E-state index is 14.0. The minimum Gasteiger partial charge on any atom is -0.457 e. The molecule has 512 valence electrons. The standard InChI is InChI=1S/C66H100N8O17S/c1-12-49(76)44(7)58-50(88-58)38-65(9,86)28-16-18-42(5)57-43(6)21-26-52(66(10,91-45(8)75)29-27-41(4)36-55(79)90-57)89-64(85)73-34-32-72(33-35-73)63(84)87-39-46-22-24-47(25-23-46)69-59(80)48(19-17-30-68-62(67)83)70-60(81)56(40(2)3)71-53(77)20-14-13-15-31-74-54(78)37-51(92-11)61(74)82/h16,18,21-26,28,40-41,43-44,48-52,56-58,76,86H,12-15,17,19-20,27,29-39H2,1-11H3,(H,69,80)(H,70,81)(H,71,77)(H3,67,68,83)/b26-21+,28-16+,42-18+/t41-,43+,44-,48+,49+,50-,51?,52+,56+,57-,58-,65+,66-/m1/s1. The normalized spacial score (nSPS) is 25.4. The molecule has 0 saturated carbocycles. The number of epoxide rings is 1. The second-order valence-corrected chi connectivity index (χ2v) is 26.7. The number of imide groups is 1. The molecule has 0 radical (unpaired) electrons. The van der Waals surface area contributed by atoms with Crippen molar-refractivity contribution in [2.75, 3.05) is 50.8 Å². The third kappa shape index (κ3) is 23.8. The van der Waals surface area contributed by atoms with Crippen LogP contribution >= 0.6 is 11.8 Å². The number of likely N-dealkylation sites (tertiary alicyclic amines) is 1. The van der Waals surface area contributed by atoms with Gasteiger partial charge in [0.05, 0.1) is 29.2 Å². The van der Waals surface area contributed by atoms with Crippen LogP contribution in [-0.4, -0.2) is 189 Å². The van der Waals surface area contributed by atoms with Gasteiger partial charge in [0.1, 0.15) is 30.4 Å². The fourth-order valence-electron chi connectivity index (χ4n) is 11.4. The van der Waals surface area contributed by atoms with E-state index >= 15 is 0 Å². The number of benzene rings is 1. The van der Waals surface area contributed by atoms with Gasteiger partial charge in [-0.25, -0.2) is 14.4 Å². The number of anilines is 1. The summed E-state index contributed by atoms with van der Waals surface area (Å²) >= 11 is 1.35. The lowest BCUT2D eigenvalue weighted by molar-refractivity contribution is -0.167. The number of hydrogen-bond acceptors (Lipinski definition) is 18. The van der Waals surface area contributed by atoms with Gasteiger partial charge in [-0.2, -0.15) is 11.8 Å². The van der Waals surface area contributed by atoms with Crippen molar-refractivity contribution in [1.29, 1.82) is 0 Å². The van der Waals surface area contributed by atoms with Gasteiger partial charge >= 0.3 is 30.2 Å². The van der Waals surface area contributed by atoms with E-state index in [1.54, 1.807) is 88.6 Å². The first-order valence-electron chi connectivity index (χ1n) is 32.2. The molecular weight excluding hydrogens is 1210 g/mol. The Morgan fingerprint density at radius 3 is 2.21 bits per heavy atom. The number of unbranched alkanes of at least 4 members (excludes halogenated alkanes) is 2. The van der Waals surface area contributed by atoms with Crippen molar-refractivity contribution in [3.05, 3.63) is 65.8 Å². The first-order valence-corrected chi connectivity index (χ1v) is 33.5. The zero-order chi connectivity index (χ0) is 68.0. The van der Waals surface area contributed by atoms with E-state index in [2.05, 4.69) is 21.3 Å². The van der Waals surface area contributed by atoms with Crippen molar-refractivity contribution in [2.24, 2.45) is 29.4 Å². The van der Waals surface area contributed by atoms with Gasteiger partial charge in [-0.15, -0.1) is 0 Å². The Hall–Kier alpha value is -7.03. The predicted octanol–water partition coefficient (Wildman–Crippen LogP) is 6.57. The fraction of sp³-hybridized carbons (Fsp3) is 0.667. The lowest BCUT2D eigenvalue weighted by Crippen LogP contribution is -2.54. The van der Waals surface area contributed by atoms with E-state index in [1.165, 1.54) is 33.4 Å². The van der Waals surface area contributed by atoms with Gasteiger partial charge in [0, 0.05) is 89.4 Å². The zero-order valence-corrected chi connectivity index (χ0v) is 56.2. The predicted molar refractivity (Wildman–Crippen MR) is 345 cm³/mol. The van der Waals surface area contributed by atoms with E-state index in [0.29, 0.717) is 55.3 Å². The number of amides is 9. The number of ether oxygens (including phenoxy) is 5. The Kier molecular flexibility index (Phi) is 29.5. The Morgan fingerprint density at radius 2 is 1.59 bits per heavy atom. The van der Waals surface area contributed by atoms with Crippen LogP contribution in [0.15, 0.2) is 60.2 Å². The molecular formula is C66H100N8O17S. The summed E-state index contributed by atoms with van der Waals surface area (Å²) in [6.07, 6.45) is 10.3. The molecule has 3 fully saturated rings. The molecule has 13 atom stereocenters. The quantitative estimate of drug-likeness (QED) is 0.00847. The molecule has 1 aromatic carbocycles. The molecule has 25 nitrogen and oxygen atoms in total. The Balaban J connectivity index is 1.14. The molecule has 0 bridgehead atoms. The van der Waals surface area contributed by atoms with E-state index < -0.39 is 89.5 Å². The van der Waals surface area contributed by atoms with Gasteiger partial charge in [-0.1, -0.05) is 84.4 Å². The Labute approximate surface area is 545 Å². The van der Waals surface area contributed by atoms with E-state index in [0.717, 1.165) is 0 Å². The summed E-state index contributed by atoms with van der Waals surface area (Å²) in [5, 5.41) is 32.0. The van der Waals surface area contributed by atoms with Crippen LogP contribution in [0, 0.1) is 23.7 Å². The van der Waals surface area contributed by atoms with Crippen molar-refractivity contribution in [1.82, 2.24) is 30.7 Å². The zero-order valence-electron chi connectivity index (χ0n) is 55.4. The molecule has 3 saturated heterocycles. The number of aliphatic hydroxyl groups excluding tert-OH is 1. The first-order chi connectivity index (χ1) is 43.4. The molecule has 8 N–H and O–H groups in total. The highest BCUT2D eigenvalue weighted by Gasteiger charge is 2.48. The summed E-state index contributed by atoms with van der Waals surface area (Å²) in [5.41, 5.74) is 4.32. The van der Waals surface area contributed by atoms with Crippen molar-refractivity contribution in [3.63, 3.8) is 0 Å². The minimum absolute atomic E-state index is 0.0619. The maximum Gasteiger partial charge on any atom is 0.410 e. The average Bonchev–Trinajstić information content (AvgIpc) is 1.98. The number of hydrogen-bond donors (Lipinski definition) is 7. The molecule has 5 rings (SSSR count).